The summed E-state index contributed by atoms with van der Waals surface area (Å²) in [6.45, 7) is 2.49. The Morgan fingerprint density at radius 1 is 1.50 bits per heavy atom. The van der Waals surface area contributed by atoms with Crippen LogP contribution in [0.25, 0.3) is 0 Å². The van der Waals surface area contributed by atoms with Gasteiger partial charge in [-0.25, -0.2) is 4.39 Å². The molecule has 0 aromatic heterocycles. The number of amides is 1. The highest BCUT2D eigenvalue weighted by molar-refractivity contribution is 6.33. The lowest BCUT2D eigenvalue weighted by Gasteiger charge is -2.05. The van der Waals surface area contributed by atoms with E-state index < -0.39 is 11.7 Å². The van der Waals surface area contributed by atoms with E-state index in [0.717, 1.165) is 12.6 Å². The number of hydrogen-bond acceptors (Lipinski definition) is 3. The summed E-state index contributed by atoms with van der Waals surface area (Å²) < 4.78 is 12.7. The van der Waals surface area contributed by atoms with Crippen molar-refractivity contribution in [3.05, 3.63) is 29.0 Å². The van der Waals surface area contributed by atoms with Gasteiger partial charge in [-0.1, -0.05) is 18.5 Å². The summed E-state index contributed by atoms with van der Waals surface area (Å²) in [6, 6.07) is 3.71. The SMILES string of the molecule is CCN.NCC(=O)Nc1cc(F)ccc1Cl. The third-order valence-corrected chi connectivity index (χ3v) is 1.72. The van der Waals surface area contributed by atoms with Crippen molar-refractivity contribution in [1.82, 2.24) is 0 Å². The van der Waals surface area contributed by atoms with Crippen molar-refractivity contribution in [3.8, 4) is 0 Å². The van der Waals surface area contributed by atoms with E-state index in [4.69, 9.17) is 23.1 Å². The second-order valence-electron chi connectivity index (χ2n) is 2.78. The molecule has 1 aromatic rings. The Morgan fingerprint density at radius 3 is 2.56 bits per heavy atom. The minimum atomic E-state index is -0.461. The van der Waals surface area contributed by atoms with Gasteiger partial charge in [0.2, 0.25) is 5.91 Å². The van der Waals surface area contributed by atoms with Crippen LogP contribution in [0.4, 0.5) is 10.1 Å². The monoisotopic (exact) mass is 247 g/mol. The quantitative estimate of drug-likeness (QED) is 0.738. The summed E-state index contributed by atoms with van der Waals surface area (Å²) in [5.41, 5.74) is 10.1. The van der Waals surface area contributed by atoms with Crippen LogP contribution in [0.3, 0.4) is 0 Å². The molecule has 6 heteroatoms. The number of carbonyl (C=O) groups excluding carboxylic acids is 1. The fourth-order valence-electron chi connectivity index (χ4n) is 0.795. The van der Waals surface area contributed by atoms with Crippen molar-refractivity contribution < 1.29 is 9.18 Å². The average Bonchev–Trinajstić information content (AvgIpc) is 2.24. The third kappa shape index (κ3) is 5.65. The summed E-state index contributed by atoms with van der Waals surface area (Å²) in [6.07, 6.45) is 0. The predicted molar refractivity (Wildman–Crippen MR) is 63.8 cm³/mol. The smallest absolute Gasteiger partial charge is 0.238 e. The first kappa shape index (κ1) is 14.8. The maximum absolute atomic E-state index is 12.7. The van der Waals surface area contributed by atoms with Gasteiger partial charge in [-0.3, -0.25) is 4.79 Å². The van der Waals surface area contributed by atoms with Crippen LogP contribution >= 0.6 is 11.6 Å². The highest BCUT2D eigenvalue weighted by Crippen LogP contribution is 2.21. The molecular weight excluding hydrogens is 233 g/mol. The number of anilines is 1. The normalized spacial score (nSPS) is 9.06. The van der Waals surface area contributed by atoms with E-state index in [1.807, 2.05) is 6.92 Å². The lowest BCUT2D eigenvalue weighted by Crippen LogP contribution is -2.22. The Hall–Kier alpha value is -1.17. The highest BCUT2D eigenvalue weighted by Gasteiger charge is 2.04. The number of benzene rings is 1. The minimum Gasteiger partial charge on any atom is -0.331 e. The van der Waals surface area contributed by atoms with E-state index >= 15 is 0 Å². The Kier molecular flexibility index (Phi) is 7.45. The lowest BCUT2D eigenvalue weighted by atomic mass is 10.3. The highest BCUT2D eigenvalue weighted by atomic mass is 35.5. The molecule has 0 aliphatic heterocycles. The summed E-state index contributed by atoms with van der Waals surface area (Å²) in [5.74, 6) is -0.871. The van der Waals surface area contributed by atoms with Crippen molar-refractivity contribution >= 4 is 23.2 Å². The van der Waals surface area contributed by atoms with Crippen molar-refractivity contribution in [2.75, 3.05) is 18.4 Å². The summed E-state index contributed by atoms with van der Waals surface area (Å²) in [4.78, 5) is 10.8. The number of nitrogens with one attached hydrogen (secondary N) is 1. The van der Waals surface area contributed by atoms with Crippen molar-refractivity contribution in [3.63, 3.8) is 0 Å². The number of nitrogens with two attached hydrogens (primary N) is 2. The molecule has 0 fully saturated rings. The van der Waals surface area contributed by atoms with Crippen LogP contribution in [0.1, 0.15) is 6.92 Å². The van der Waals surface area contributed by atoms with E-state index in [1.54, 1.807) is 0 Å². The summed E-state index contributed by atoms with van der Waals surface area (Å²) in [5, 5.41) is 2.65. The van der Waals surface area contributed by atoms with Gasteiger partial charge in [0.05, 0.1) is 17.3 Å². The standard InChI is InChI=1S/C8H8ClFN2O.C2H7N/c9-6-2-1-5(10)3-7(6)12-8(13)4-11;1-2-3/h1-3H,4,11H2,(H,12,13);2-3H2,1H3. The van der Waals surface area contributed by atoms with Gasteiger partial charge >= 0.3 is 0 Å². The fourth-order valence-corrected chi connectivity index (χ4v) is 0.959. The Labute approximate surface area is 98.8 Å². The van der Waals surface area contributed by atoms with Crippen LogP contribution in [0, 0.1) is 5.82 Å². The molecule has 0 spiro atoms. The molecule has 1 aromatic carbocycles. The Bertz CT molecular complexity index is 347. The third-order valence-electron chi connectivity index (χ3n) is 1.39. The van der Waals surface area contributed by atoms with Crippen LogP contribution < -0.4 is 16.8 Å². The van der Waals surface area contributed by atoms with Crippen LogP contribution in [0.5, 0.6) is 0 Å². The van der Waals surface area contributed by atoms with Crippen molar-refractivity contribution in [2.24, 2.45) is 11.5 Å². The zero-order valence-electron chi connectivity index (χ0n) is 8.97. The fraction of sp³-hybridized carbons (Fsp3) is 0.300. The van der Waals surface area contributed by atoms with Crippen LogP contribution in [0.15, 0.2) is 18.2 Å². The van der Waals surface area contributed by atoms with Gasteiger partial charge in [0.25, 0.3) is 0 Å². The summed E-state index contributed by atoms with van der Waals surface area (Å²) >= 11 is 5.68. The van der Waals surface area contributed by atoms with Gasteiger partial charge in [0.15, 0.2) is 0 Å². The minimum absolute atomic E-state index is 0.160. The predicted octanol–water partition coefficient (Wildman–Crippen LogP) is 1.34. The van der Waals surface area contributed by atoms with Gasteiger partial charge in [0.1, 0.15) is 5.82 Å². The Balaban J connectivity index is 0.000000673. The van der Waals surface area contributed by atoms with Gasteiger partial charge in [-0.05, 0) is 24.7 Å². The molecule has 1 rings (SSSR count). The topological polar surface area (TPSA) is 81.1 Å². The number of hydrogen-bond donors (Lipinski definition) is 3. The molecule has 0 aliphatic rings. The first-order valence-electron chi connectivity index (χ1n) is 4.70. The molecule has 0 atom stereocenters. The maximum Gasteiger partial charge on any atom is 0.238 e. The molecule has 0 unspecified atom stereocenters. The molecular formula is C10H15ClFN3O. The molecule has 0 radical (unpaired) electrons. The summed E-state index contributed by atoms with van der Waals surface area (Å²) in [7, 11) is 0. The largest absolute Gasteiger partial charge is 0.331 e. The van der Waals surface area contributed by atoms with Crippen LogP contribution in [0.2, 0.25) is 5.02 Å². The molecule has 90 valence electrons. The van der Waals surface area contributed by atoms with E-state index in [1.165, 1.54) is 12.1 Å². The molecule has 0 heterocycles. The molecule has 4 nitrogen and oxygen atoms in total. The first-order chi connectivity index (χ1) is 7.54. The first-order valence-corrected chi connectivity index (χ1v) is 5.08. The molecule has 1 amide bonds. The van der Waals surface area contributed by atoms with E-state index in [9.17, 15) is 9.18 Å². The van der Waals surface area contributed by atoms with E-state index in [2.05, 4.69) is 5.32 Å². The van der Waals surface area contributed by atoms with Crippen molar-refractivity contribution in [1.29, 1.82) is 0 Å². The maximum atomic E-state index is 12.7. The van der Waals surface area contributed by atoms with Gasteiger partial charge in [0, 0.05) is 0 Å². The second kappa shape index (κ2) is 8.04. The average molecular weight is 248 g/mol. The molecule has 0 aliphatic carbocycles. The van der Waals surface area contributed by atoms with E-state index in [0.29, 0.717) is 0 Å². The zero-order valence-corrected chi connectivity index (χ0v) is 9.72. The van der Waals surface area contributed by atoms with Crippen LogP contribution in [-0.4, -0.2) is 19.0 Å². The van der Waals surface area contributed by atoms with E-state index in [-0.39, 0.29) is 17.3 Å². The molecule has 5 N–H and O–H groups in total. The number of rotatable bonds is 2. The molecule has 16 heavy (non-hydrogen) atoms. The Morgan fingerprint density at radius 2 is 2.06 bits per heavy atom. The van der Waals surface area contributed by atoms with Gasteiger partial charge < -0.3 is 16.8 Å². The zero-order chi connectivity index (χ0) is 12.6. The molecule has 0 saturated heterocycles. The van der Waals surface area contributed by atoms with Crippen molar-refractivity contribution in [2.45, 2.75) is 6.92 Å². The molecule has 0 saturated carbocycles. The van der Waals surface area contributed by atoms with Crippen LogP contribution in [-0.2, 0) is 4.79 Å². The lowest BCUT2D eigenvalue weighted by molar-refractivity contribution is -0.114. The van der Waals surface area contributed by atoms with Gasteiger partial charge in [-0.2, -0.15) is 0 Å². The number of halogens is 2. The number of carbonyl (C=O) groups is 1. The molecule has 0 bridgehead atoms. The van der Waals surface area contributed by atoms with Gasteiger partial charge in [-0.15, -0.1) is 0 Å². The second-order valence-corrected chi connectivity index (χ2v) is 3.19.